The summed E-state index contributed by atoms with van der Waals surface area (Å²) >= 11 is 3.47. The van der Waals surface area contributed by atoms with Crippen molar-refractivity contribution in [1.82, 2.24) is 4.57 Å². The fourth-order valence-electron chi connectivity index (χ4n) is 2.03. The van der Waals surface area contributed by atoms with E-state index in [2.05, 4.69) is 65.3 Å². The number of allylic oxidation sites excluding steroid dienone is 1. The summed E-state index contributed by atoms with van der Waals surface area (Å²) in [7, 11) is 2.10. The monoisotopic (exact) mass is 263 g/mol. The fraction of sp³-hybridized carbons (Fsp3) is 0.231. The van der Waals surface area contributed by atoms with Crippen molar-refractivity contribution in [2.45, 2.75) is 6.92 Å². The van der Waals surface area contributed by atoms with E-state index in [1.165, 1.54) is 22.2 Å². The highest BCUT2D eigenvalue weighted by molar-refractivity contribution is 9.09. The summed E-state index contributed by atoms with van der Waals surface area (Å²) in [5.41, 5.74) is 4.97. The predicted octanol–water partition coefficient (Wildman–Crippen LogP) is 3.89. The third-order valence-corrected chi connectivity index (χ3v) is 3.59. The molecule has 2 heteroatoms. The van der Waals surface area contributed by atoms with Crippen molar-refractivity contribution in [3.63, 3.8) is 0 Å². The molecule has 1 nitrogen and oxygen atoms in total. The molecular weight excluding hydrogens is 250 g/mol. The van der Waals surface area contributed by atoms with Gasteiger partial charge in [0.05, 0.1) is 0 Å². The first-order chi connectivity index (χ1) is 7.16. The molecule has 1 aromatic carbocycles. The van der Waals surface area contributed by atoms with Crippen molar-refractivity contribution < 1.29 is 0 Å². The van der Waals surface area contributed by atoms with Crippen LogP contribution in [0.1, 0.15) is 11.3 Å². The molecule has 0 radical (unpaired) electrons. The van der Waals surface area contributed by atoms with Gasteiger partial charge in [-0.2, -0.15) is 0 Å². The number of hydrogen-bond donors (Lipinski definition) is 0. The van der Waals surface area contributed by atoms with Crippen LogP contribution in [0.5, 0.6) is 0 Å². The van der Waals surface area contributed by atoms with Gasteiger partial charge in [-0.1, -0.05) is 40.7 Å². The lowest BCUT2D eigenvalue weighted by Crippen LogP contribution is -1.92. The van der Waals surface area contributed by atoms with Gasteiger partial charge in [-0.15, -0.1) is 0 Å². The molecular formula is C13H14BrN. The molecule has 0 aliphatic heterocycles. The van der Waals surface area contributed by atoms with E-state index in [0.717, 1.165) is 10.9 Å². The van der Waals surface area contributed by atoms with Gasteiger partial charge in [0.25, 0.3) is 0 Å². The van der Waals surface area contributed by atoms with Gasteiger partial charge in [-0.25, -0.2) is 0 Å². The summed E-state index contributed by atoms with van der Waals surface area (Å²) in [6.07, 6.45) is 0. The van der Waals surface area contributed by atoms with Gasteiger partial charge in [0, 0.05) is 34.5 Å². The number of alkyl halides is 1. The number of aromatic nitrogens is 1. The van der Waals surface area contributed by atoms with Crippen LogP contribution in [0, 0.1) is 6.92 Å². The topological polar surface area (TPSA) is 4.93 Å². The van der Waals surface area contributed by atoms with Gasteiger partial charge in [0.1, 0.15) is 0 Å². The Morgan fingerprint density at radius 3 is 2.73 bits per heavy atom. The van der Waals surface area contributed by atoms with Gasteiger partial charge in [0.2, 0.25) is 0 Å². The molecule has 2 rings (SSSR count). The molecule has 2 aromatic rings. The minimum Gasteiger partial charge on any atom is -0.347 e. The van der Waals surface area contributed by atoms with Gasteiger partial charge in [0.15, 0.2) is 0 Å². The van der Waals surface area contributed by atoms with Crippen LogP contribution in [0.3, 0.4) is 0 Å². The molecule has 0 atom stereocenters. The van der Waals surface area contributed by atoms with E-state index in [-0.39, 0.29) is 0 Å². The number of rotatable bonds is 2. The maximum atomic E-state index is 4.11. The zero-order valence-electron chi connectivity index (χ0n) is 9.05. The van der Waals surface area contributed by atoms with Gasteiger partial charge >= 0.3 is 0 Å². The lowest BCUT2D eigenvalue weighted by atomic mass is 10.1. The molecule has 0 fully saturated rings. The smallest absolute Gasteiger partial charge is 0.0486 e. The Morgan fingerprint density at radius 1 is 1.40 bits per heavy atom. The van der Waals surface area contributed by atoms with E-state index in [4.69, 9.17) is 0 Å². The molecule has 0 amide bonds. The molecule has 0 unspecified atom stereocenters. The first-order valence-corrected chi connectivity index (χ1v) is 6.07. The molecule has 0 aliphatic rings. The van der Waals surface area contributed by atoms with E-state index >= 15 is 0 Å². The third kappa shape index (κ3) is 1.53. The van der Waals surface area contributed by atoms with Crippen LogP contribution in [0.4, 0.5) is 0 Å². The highest BCUT2D eigenvalue weighted by Crippen LogP contribution is 2.30. The molecule has 1 aromatic heterocycles. The van der Waals surface area contributed by atoms with Crippen molar-refractivity contribution in [3.05, 3.63) is 42.1 Å². The lowest BCUT2D eigenvalue weighted by Gasteiger charge is -2.02. The van der Waals surface area contributed by atoms with Gasteiger partial charge in [-0.3, -0.25) is 0 Å². The summed E-state index contributed by atoms with van der Waals surface area (Å²) in [5.74, 6) is 0. The molecule has 15 heavy (non-hydrogen) atoms. The normalized spacial score (nSPS) is 10.9. The Balaban J connectivity index is 2.83. The average molecular weight is 264 g/mol. The molecule has 78 valence electrons. The van der Waals surface area contributed by atoms with Crippen molar-refractivity contribution in [1.29, 1.82) is 0 Å². The standard InChI is InChI=1S/C13H14BrN/c1-9(8-14)13-10(2)15(3)12-7-5-4-6-11(12)13/h4-7H,1,8H2,2-3H3. The Labute approximate surface area is 98.5 Å². The quantitative estimate of drug-likeness (QED) is 0.725. The first-order valence-electron chi connectivity index (χ1n) is 4.95. The van der Waals surface area contributed by atoms with E-state index < -0.39 is 0 Å². The maximum Gasteiger partial charge on any atom is 0.0486 e. The number of nitrogens with zero attached hydrogens (tertiary/aromatic N) is 1. The van der Waals surface area contributed by atoms with E-state index in [1.807, 2.05) is 0 Å². The fourth-order valence-corrected chi connectivity index (χ4v) is 2.31. The largest absolute Gasteiger partial charge is 0.347 e. The van der Waals surface area contributed by atoms with Crippen molar-refractivity contribution in [2.75, 3.05) is 5.33 Å². The molecule has 0 spiro atoms. The average Bonchev–Trinajstić information content (AvgIpc) is 2.52. The Hall–Kier alpha value is -1.02. The zero-order chi connectivity index (χ0) is 11.0. The minimum absolute atomic E-state index is 0.821. The van der Waals surface area contributed by atoms with Gasteiger partial charge in [-0.05, 0) is 18.6 Å². The van der Waals surface area contributed by atoms with Crippen LogP contribution in [-0.2, 0) is 7.05 Å². The van der Waals surface area contributed by atoms with E-state index in [9.17, 15) is 0 Å². The molecule has 0 saturated carbocycles. The van der Waals surface area contributed by atoms with Gasteiger partial charge < -0.3 is 4.57 Å². The van der Waals surface area contributed by atoms with Crippen LogP contribution >= 0.6 is 15.9 Å². The zero-order valence-corrected chi connectivity index (χ0v) is 10.6. The molecule has 1 heterocycles. The van der Waals surface area contributed by atoms with Crippen molar-refractivity contribution in [3.8, 4) is 0 Å². The predicted molar refractivity (Wildman–Crippen MR) is 70.5 cm³/mol. The Bertz CT molecular complexity index is 523. The Morgan fingerprint density at radius 2 is 2.07 bits per heavy atom. The highest BCUT2D eigenvalue weighted by atomic mass is 79.9. The first kappa shape index (κ1) is 10.5. The van der Waals surface area contributed by atoms with E-state index in [1.54, 1.807) is 0 Å². The summed E-state index contributed by atoms with van der Waals surface area (Å²) in [6.45, 7) is 6.25. The van der Waals surface area contributed by atoms with Crippen LogP contribution in [0.15, 0.2) is 30.8 Å². The molecule has 0 bridgehead atoms. The molecule has 0 N–H and O–H groups in total. The lowest BCUT2D eigenvalue weighted by molar-refractivity contribution is 0.915. The SMILES string of the molecule is C=C(CBr)c1c(C)n(C)c2ccccc12. The molecule has 0 aliphatic carbocycles. The van der Waals surface area contributed by atoms with Crippen LogP contribution in [0.2, 0.25) is 0 Å². The number of hydrogen-bond acceptors (Lipinski definition) is 0. The third-order valence-electron chi connectivity index (χ3n) is 2.91. The summed E-state index contributed by atoms with van der Waals surface area (Å²) in [4.78, 5) is 0. The second-order valence-electron chi connectivity index (χ2n) is 3.77. The van der Waals surface area contributed by atoms with Crippen LogP contribution < -0.4 is 0 Å². The second kappa shape index (κ2) is 3.86. The molecule has 0 saturated heterocycles. The van der Waals surface area contributed by atoms with Crippen molar-refractivity contribution in [2.24, 2.45) is 7.05 Å². The second-order valence-corrected chi connectivity index (χ2v) is 4.33. The summed E-state index contributed by atoms with van der Waals surface area (Å²) in [6, 6.07) is 8.45. The Kier molecular flexibility index (Phi) is 2.70. The number of para-hydroxylation sites is 1. The summed E-state index contributed by atoms with van der Waals surface area (Å²) < 4.78 is 2.22. The highest BCUT2D eigenvalue weighted by Gasteiger charge is 2.12. The van der Waals surface area contributed by atoms with E-state index in [0.29, 0.717) is 0 Å². The number of halogens is 1. The van der Waals surface area contributed by atoms with Crippen molar-refractivity contribution >= 4 is 32.4 Å². The summed E-state index contributed by atoms with van der Waals surface area (Å²) in [5, 5.41) is 2.11. The number of benzene rings is 1. The maximum absolute atomic E-state index is 4.11. The van der Waals surface area contributed by atoms with Crippen LogP contribution in [0.25, 0.3) is 16.5 Å². The minimum atomic E-state index is 0.821. The van der Waals surface area contributed by atoms with Crippen LogP contribution in [-0.4, -0.2) is 9.90 Å². The number of aryl methyl sites for hydroxylation is 1. The number of fused-ring (bicyclic) bond motifs is 1.